The highest BCUT2D eigenvalue weighted by Crippen LogP contribution is 2.44. The molecule has 5 rings (SSSR count). The van der Waals surface area contributed by atoms with Gasteiger partial charge in [-0.1, -0.05) is 254 Å². The van der Waals surface area contributed by atoms with Gasteiger partial charge in [0.05, 0.1) is 13.2 Å². The van der Waals surface area contributed by atoms with Gasteiger partial charge in [0.15, 0.2) is 11.6 Å². The van der Waals surface area contributed by atoms with Crippen molar-refractivity contribution in [1.29, 1.82) is 0 Å². The molecule has 0 heterocycles. The van der Waals surface area contributed by atoms with Gasteiger partial charge < -0.3 is 20.9 Å². The van der Waals surface area contributed by atoms with Crippen LogP contribution < -0.4 is 20.9 Å². The number of fused-ring (bicyclic) bond motifs is 2. The Bertz CT molecular complexity index is 1970. The van der Waals surface area contributed by atoms with Gasteiger partial charge in [0, 0.05) is 65.3 Å². The average Bonchev–Trinajstić information content (AvgIpc) is 3.36. The van der Waals surface area contributed by atoms with Crippen LogP contribution in [0, 0.1) is 0 Å². The smallest absolute Gasteiger partial charge is 0.196 e. The lowest BCUT2D eigenvalue weighted by Crippen LogP contribution is -2.22. The molecule has 1 aliphatic rings. The van der Waals surface area contributed by atoms with Gasteiger partial charge in [-0.25, -0.2) is 0 Å². The van der Waals surface area contributed by atoms with Crippen LogP contribution in [0.2, 0.25) is 0 Å². The molecule has 0 radical (unpaired) electrons. The van der Waals surface area contributed by atoms with Crippen LogP contribution in [0.4, 0.5) is 11.4 Å². The van der Waals surface area contributed by atoms with Crippen molar-refractivity contribution in [3.8, 4) is 11.5 Å². The van der Waals surface area contributed by atoms with Gasteiger partial charge in [-0.2, -0.15) is 0 Å². The lowest BCUT2D eigenvalue weighted by atomic mass is 9.84. The molecular formula is C62H90N2O4S2. The van der Waals surface area contributed by atoms with Crippen LogP contribution in [0.3, 0.4) is 0 Å². The number of hydrogen-bond acceptors (Lipinski definition) is 8. The molecule has 0 aliphatic heterocycles. The molecular weight excluding hydrogens is 901 g/mol. The van der Waals surface area contributed by atoms with Gasteiger partial charge in [-0.05, 0) is 49.2 Å². The van der Waals surface area contributed by atoms with Gasteiger partial charge in [0.25, 0.3) is 0 Å². The number of ether oxygens (including phenoxy) is 2. The largest absolute Gasteiger partial charge is 0.494 e. The van der Waals surface area contributed by atoms with E-state index >= 15 is 0 Å². The van der Waals surface area contributed by atoms with Crippen molar-refractivity contribution in [2.45, 2.75) is 239 Å². The third-order valence-corrected chi connectivity index (χ3v) is 16.2. The van der Waals surface area contributed by atoms with Crippen molar-refractivity contribution in [2.24, 2.45) is 0 Å². The summed E-state index contributed by atoms with van der Waals surface area (Å²) in [5.41, 5.74) is 16.0. The molecule has 0 saturated carbocycles. The number of hydrogen-bond donors (Lipinski definition) is 2. The molecule has 0 aromatic heterocycles. The molecule has 0 unspecified atom stereocenters. The monoisotopic (exact) mass is 991 g/mol. The second-order valence-corrected chi connectivity index (χ2v) is 22.1. The predicted molar refractivity (Wildman–Crippen MR) is 300 cm³/mol. The van der Waals surface area contributed by atoms with Crippen LogP contribution in [-0.4, -0.2) is 24.8 Å². The Kier molecular flexibility index (Phi) is 28.1. The maximum absolute atomic E-state index is 14.5. The Hall–Kier alpha value is -3.88. The number of carbonyl (C=O) groups is 2. The number of ketones is 2. The molecule has 4 aromatic rings. The Balaban J connectivity index is 1.01. The van der Waals surface area contributed by atoms with Crippen LogP contribution >= 0.6 is 23.5 Å². The van der Waals surface area contributed by atoms with Crippen molar-refractivity contribution in [3.05, 3.63) is 95.1 Å². The number of carbonyl (C=O) groups excluding carboxylic acids is 2. The first-order valence-electron chi connectivity index (χ1n) is 28.2. The number of anilines is 2. The highest BCUT2D eigenvalue weighted by molar-refractivity contribution is 8.00. The van der Waals surface area contributed by atoms with Crippen LogP contribution in [0.15, 0.2) is 92.4 Å². The summed E-state index contributed by atoms with van der Waals surface area (Å²) in [6.07, 6.45) is 42.9. The van der Waals surface area contributed by atoms with E-state index in [4.69, 9.17) is 20.9 Å². The lowest BCUT2D eigenvalue weighted by molar-refractivity contribution is 0.0974. The standard InChI is InChI=1S/C62H90N2O4S2/c1-3-5-7-9-11-13-15-17-19-21-23-25-27-29-31-33-45-67-49-41-43-55(53(63)47-49)69-57-39-35-37-51-59(57)62(66)60-52(61(51)65)38-36-40-58(60)70-56-44-42-50(48-54(56)64)68-46-34-32-30-28-26-24-22-20-18-16-14-12-10-8-6-4-2/h35-44,47-48H,3-34,45-46,63-64H2,1-2H3. The van der Waals surface area contributed by atoms with Crippen molar-refractivity contribution in [1.82, 2.24) is 0 Å². The second-order valence-electron chi connectivity index (χ2n) is 19.9. The van der Waals surface area contributed by atoms with Crippen LogP contribution in [0.5, 0.6) is 11.5 Å². The zero-order valence-corrected chi connectivity index (χ0v) is 45.2. The first kappa shape index (κ1) is 57.0. The fourth-order valence-corrected chi connectivity index (χ4v) is 11.7. The van der Waals surface area contributed by atoms with E-state index in [1.54, 1.807) is 12.1 Å². The van der Waals surface area contributed by atoms with E-state index in [-0.39, 0.29) is 11.6 Å². The van der Waals surface area contributed by atoms with Crippen LogP contribution in [0.25, 0.3) is 0 Å². The predicted octanol–water partition coefficient (Wildman–Crippen LogP) is 19.2. The summed E-state index contributed by atoms with van der Waals surface area (Å²) in [5.74, 6) is 1.15. The van der Waals surface area contributed by atoms with Crippen molar-refractivity contribution in [3.63, 3.8) is 0 Å². The Labute approximate surface area is 433 Å². The molecule has 70 heavy (non-hydrogen) atoms. The molecule has 0 amide bonds. The highest BCUT2D eigenvalue weighted by Gasteiger charge is 2.34. The Morgan fingerprint density at radius 2 is 0.657 bits per heavy atom. The summed E-state index contributed by atoms with van der Waals surface area (Å²) < 4.78 is 12.2. The fourth-order valence-electron chi connectivity index (χ4n) is 9.69. The van der Waals surface area contributed by atoms with E-state index < -0.39 is 0 Å². The molecule has 0 bridgehead atoms. The minimum Gasteiger partial charge on any atom is -0.494 e. The van der Waals surface area contributed by atoms with Crippen molar-refractivity contribution < 1.29 is 19.1 Å². The first-order valence-corrected chi connectivity index (χ1v) is 29.8. The normalized spacial score (nSPS) is 12.1. The average molecular weight is 992 g/mol. The summed E-state index contributed by atoms with van der Waals surface area (Å²) in [7, 11) is 0. The number of nitrogen functional groups attached to an aromatic ring is 2. The van der Waals surface area contributed by atoms with E-state index in [1.165, 1.54) is 216 Å². The minimum atomic E-state index is -0.176. The molecule has 0 spiro atoms. The van der Waals surface area contributed by atoms with Gasteiger partial charge in [0.1, 0.15) is 11.5 Å². The summed E-state index contributed by atoms with van der Waals surface area (Å²) in [6, 6.07) is 22.5. The van der Waals surface area contributed by atoms with Gasteiger partial charge in [-0.15, -0.1) is 0 Å². The second kappa shape index (κ2) is 34.5. The van der Waals surface area contributed by atoms with Gasteiger partial charge >= 0.3 is 0 Å². The molecule has 0 saturated heterocycles. The molecule has 4 N–H and O–H groups in total. The molecule has 8 heteroatoms. The van der Waals surface area contributed by atoms with E-state index in [0.717, 1.165) is 34.1 Å². The van der Waals surface area contributed by atoms with E-state index in [2.05, 4.69) is 13.8 Å². The van der Waals surface area contributed by atoms with Crippen LogP contribution in [0.1, 0.15) is 251 Å². The molecule has 0 atom stereocenters. The van der Waals surface area contributed by atoms with Crippen molar-refractivity contribution in [2.75, 3.05) is 24.7 Å². The topological polar surface area (TPSA) is 105 Å². The summed E-state index contributed by atoms with van der Waals surface area (Å²) in [6.45, 7) is 5.89. The highest BCUT2D eigenvalue weighted by atomic mass is 32.2. The van der Waals surface area contributed by atoms with E-state index in [0.29, 0.717) is 56.6 Å². The van der Waals surface area contributed by atoms with Crippen LogP contribution in [-0.2, 0) is 0 Å². The molecule has 6 nitrogen and oxygen atoms in total. The molecule has 384 valence electrons. The third kappa shape index (κ3) is 20.3. The Morgan fingerprint density at radius 3 is 0.957 bits per heavy atom. The Morgan fingerprint density at radius 1 is 0.357 bits per heavy atom. The number of nitrogens with two attached hydrogens (primary N) is 2. The summed E-state index contributed by atoms with van der Waals surface area (Å²) >= 11 is 2.81. The zero-order valence-electron chi connectivity index (χ0n) is 43.6. The lowest BCUT2D eigenvalue weighted by Gasteiger charge is -2.22. The molecule has 0 fully saturated rings. The summed E-state index contributed by atoms with van der Waals surface area (Å²) in [5, 5.41) is 0. The van der Waals surface area contributed by atoms with E-state index in [1.807, 2.05) is 60.7 Å². The van der Waals surface area contributed by atoms with Crippen molar-refractivity contribution >= 4 is 46.5 Å². The van der Waals surface area contributed by atoms with Gasteiger partial charge in [-0.3, -0.25) is 9.59 Å². The third-order valence-electron chi connectivity index (χ3n) is 13.9. The maximum Gasteiger partial charge on any atom is 0.196 e. The first-order chi connectivity index (χ1) is 34.4. The zero-order chi connectivity index (χ0) is 49.4. The molecule has 1 aliphatic carbocycles. The SMILES string of the molecule is CCCCCCCCCCCCCCCCCCOc1ccc(Sc2cccc3c2C(=O)c2c(Sc4ccc(OCCCCCCCCCCCCCCCCCC)cc4N)cccc2C3=O)c(N)c1. The molecule has 4 aromatic carbocycles. The maximum atomic E-state index is 14.5. The quantitative estimate of drug-likeness (QED) is 0.0295. The summed E-state index contributed by atoms with van der Waals surface area (Å²) in [4.78, 5) is 31.6. The number of rotatable bonds is 40. The number of unbranched alkanes of at least 4 members (excludes halogenated alkanes) is 30. The minimum absolute atomic E-state index is 0.161. The van der Waals surface area contributed by atoms with Gasteiger partial charge in [0.2, 0.25) is 0 Å². The number of benzene rings is 4. The fraction of sp³-hybridized carbons (Fsp3) is 0.581. The van der Waals surface area contributed by atoms with E-state index in [9.17, 15) is 9.59 Å².